The predicted molar refractivity (Wildman–Crippen MR) is 119 cm³/mol. The van der Waals surface area contributed by atoms with E-state index in [2.05, 4.69) is 23.2 Å². The number of halogens is 2. The molecule has 2 aromatic carbocycles. The highest BCUT2D eigenvalue weighted by Gasteiger charge is 2.25. The Balaban J connectivity index is 1.38. The molecule has 156 valence electrons. The molecule has 0 atom stereocenters. The van der Waals surface area contributed by atoms with Gasteiger partial charge in [0.15, 0.2) is 0 Å². The van der Waals surface area contributed by atoms with Gasteiger partial charge in [0.05, 0.1) is 6.54 Å². The number of rotatable bonds is 7. The first kappa shape index (κ1) is 21.9. The smallest absolute Gasteiger partial charge is 0.223 e. The summed E-state index contributed by atoms with van der Waals surface area (Å²) in [6.45, 7) is 7.67. The van der Waals surface area contributed by atoms with Crippen LogP contribution in [0.2, 0.25) is 10.0 Å². The molecule has 1 saturated heterocycles. The molecule has 4 nitrogen and oxygen atoms in total. The second kappa shape index (κ2) is 10.3. The van der Waals surface area contributed by atoms with Crippen molar-refractivity contribution in [1.29, 1.82) is 0 Å². The number of hydrogen-bond donors (Lipinski definition) is 1. The number of likely N-dealkylation sites (tertiary alicyclic amines) is 1. The van der Waals surface area contributed by atoms with Crippen molar-refractivity contribution in [2.24, 2.45) is 5.92 Å². The zero-order valence-electron chi connectivity index (χ0n) is 17.0. The Morgan fingerprint density at radius 3 is 2.66 bits per heavy atom. The molecule has 1 fully saturated rings. The first-order chi connectivity index (χ1) is 13.9. The molecule has 29 heavy (non-hydrogen) atoms. The summed E-state index contributed by atoms with van der Waals surface area (Å²) in [5.74, 6) is 1.07. The summed E-state index contributed by atoms with van der Waals surface area (Å²) in [6, 6.07) is 11.6. The number of ether oxygens (including phenoxy) is 1. The molecule has 1 aliphatic heterocycles. The zero-order chi connectivity index (χ0) is 20.8. The van der Waals surface area contributed by atoms with Gasteiger partial charge in [-0.2, -0.15) is 0 Å². The molecule has 0 aromatic heterocycles. The number of hydrogen-bond acceptors (Lipinski definition) is 3. The van der Waals surface area contributed by atoms with E-state index < -0.39 is 0 Å². The molecule has 0 bridgehead atoms. The van der Waals surface area contributed by atoms with Gasteiger partial charge in [0.25, 0.3) is 0 Å². The molecule has 1 aliphatic rings. The minimum atomic E-state index is 0.0626. The van der Waals surface area contributed by atoms with Crippen LogP contribution in [0.15, 0.2) is 36.4 Å². The van der Waals surface area contributed by atoms with E-state index in [0.29, 0.717) is 23.2 Å². The van der Waals surface area contributed by atoms with Gasteiger partial charge in [-0.15, -0.1) is 0 Å². The molecule has 1 heterocycles. The summed E-state index contributed by atoms with van der Waals surface area (Å²) in [5.41, 5.74) is 3.42. The third-order valence-electron chi connectivity index (χ3n) is 5.58. The third-order valence-corrected chi connectivity index (χ3v) is 6.17. The molecule has 1 amide bonds. The van der Waals surface area contributed by atoms with Crippen molar-refractivity contribution in [2.45, 2.75) is 33.2 Å². The number of nitrogens with one attached hydrogen (secondary N) is 1. The second-order valence-electron chi connectivity index (χ2n) is 7.62. The monoisotopic (exact) mass is 434 g/mol. The van der Waals surface area contributed by atoms with E-state index >= 15 is 0 Å². The van der Waals surface area contributed by atoms with Gasteiger partial charge in [-0.05, 0) is 74.7 Å². The van der Waals surface area contributed by atoms with Crippen LogP contribution in [0.4, 0.5) is 0 Å². The van der Waals surface area contributed by atoms with Gasteiger partial charge in [-0.1, -0.05) is 41.4 Å². The first-order valence-corrected chi connectivity index (χ1v) is 10.8. The SMILES string of the molecule is Cc1cccc(OCCNC(=O)C2CCN(Cc3ccc(Cl)cc3Cl)CC2)c1C. The van der Waals surface area contributed by atoms with Gasteiger partial charge in [-0.25, -0.2) is 0 Å². The highest BCUT2D eigenvalue weighted by atomic mass is 35.5. The normalized spacial score (nSPS) is 15.3. The van der Waals surface area contributed by atoms with Crippen LogP contribution in [0, 0.1) is 19.8 Å². The molecule has 3 rings (SSSR count). The lowest BCUT2D eigenvalue weighted by Crippen LogP contribution is -2.41. The van der Waals surface area contributed by atoms with Crippen LogP contribution in [0.25, 0.3) is 0 Å². The third kappa shape index (κ3) is 6.11. The Bertz CT molecular complexity index is 849. The molecular weight excluding hydrogens is 407 g/mol. The van der Waals surface area contributed by atoms with Crippen molar-refractivity contribution >= 4 is 29.1 Å². The van der Waals surface area contributed by atoms with Gasteiger partial charge in [0, 0.05) is 22.5 Å². The molecule has 0 radical (unpaired) electrons. The van der Waals surface area contributed by atoms with Crippen molar-refractivity contribution in [3.8, 4) is 5.75 Å². The highest BCUT2D eigenvalue weighted by Crippen LogP contribution is 2.25. The van der Waals surface area contributed by atoms with Crippen LogP contribution in [0.1, 0.15) is 29.5 Å². The predicted octanol–water partition coefficient (Wildman–Crippen LogP) is 5.02. The number of benzene rings is 2. The number of carbonyl (C=O) groups is 1. The van der Waals surface area contributed by atoms with Crippen LogP contribution >= 0.6 is 23.2 Å². The van der Waals surface area contributed by atoms with E-state index in [4.69, 9.17) is 27.9 Å². The van der Waals surface area contributed by atoms with Crippen LogP contribution in [-0.4, -0.2) is 37.0 Å². The Hall–Kier alpha value is -1.75. The van der Waals surface area contributed by atoms with Crippen LogP contribution in [0.5, 0.6) is 5.75 Å². The van der Waals surface area contributed by atoms with Gasteiger partial charge in [0.1, 0.15) is 12.4 Å². The van der Waals surface area contributed by atoms with Crippen molar-refractivity contribution in [3.63, 3.8) is 0 Å². The Labute approximate surface area is 183 Å². The van der Waals surface area contributed by atoms with E-state index in [-0.39, 0.29) is 11.8 Å². The van der Waals surface area contributed by atoms with E-state index in [1.165, 1.54) is 5.56 Å². The number of piperidine rings is 1. The molecule has 2 aromatic rings. The topological polar surface area (TPSA) is 41.6 Å². The fourth-order valence-corrected chi connectivity index (χ4v) is 4.07. The maximum Gasteiger partial charge on any atom is 0.223 e. The van der Waals surface area contributed by atoms with Crippen LogP contribution in [-0.2, 0) is 11.3 Å². The molecule has 0 spiro atoms. The largest absolute Gasteiger partial charge is 0.491 e. The molecular formula is C23H28Cl2N2O2. The molecule has 6 heteroatoms. The minimum absolute atomic E-state index is 0.0626. The summed E-state index contributed by atoms with van der Waals surface area (Å²) >= 11 is 12.2. The maximum atomic E-state index is 12.5. The van der Waals surface area contributed by atoms with Gasteiger partial charge in [-0.3, -0.25) is 9.69 Å². The average Bonchev–Trinajstić information content (AvgIpc) is 2.71. The summed E-state index contributed by atoms with van der Waals surface area (Å²) in [5, 5.41) is 4.36. The second-order valence-corrected chi connectivity index (χ2v) is 8.47. The van der Waals surface area contributed by atoms with Crippen molar-refractivity contribution in [1.82, 2.24) is 10.2 Å². The maximum absolute atomic E-state index is 12.5. The Morgan fingerprint density at radius 2 is 1.93 bits per heavy atom. The van der Waals surface area contributed by atoms with E-state index in [9.17, 15) is 4.79 Å². The first-order valence-electron chi connectivity index (χ1n) is 10.1. The van der Waals surface area contributed by atoms with Crippen molar-refractivity contribution in [3.05, 3.63) is 63.1 Å². The number of nitrogens with zero attached hydrogens (tertiary/aromatic N) is 1. The van der Waals surface area contributed by atoms with Gasteiger partial charge < -0.3 is 10.1 Å². The number of carbonyl (C=O) groups excluding carboxylic acids is 1. The number of aryl methyl sites for hydroxylation is 1. The Kier molecular flexibility index (Phi) is 7.82. The lowest BCUT2D eigenvalue weighted by atomic mass is 9.95. The molecule has 0 unspecified atom stereocenters. The van der Waals surface area contributed by atoms with Gasteiger partial charge in [0.2, 0.25) is 5.91 Å². The van der Waals surface area contributed by atoms with Crippen LogP contribution in [0.3, 0.4) is 0 Å². The fourth-order valence-electron chi connectivity index (χ4n) is 3.60. The molecule has 0 saturated carbocycles. The van der Waals surface area contributed by atoms with Crippen LogP contribution < -0.4 is 10.1 Å². The molecule has 1 N–H and O–H groups in total. The zero-order valence-corrected chi connectivity index (χ0v) is 18.5. The Morgan fingerprint density at radius 1 is 1.17 bits per heavy atom. The van der Waals surface area contributed by atoms with E-state index in [0.717, 1.165) is 49.4 Å². The molecule has 0 aliphatic carbocycles. The summed E-state index contributed by atoms with van der Waals surface area (Å²) in [4.78, 5) is 14.8. The van der Waals surface area contributed by atoms with E-state index in [1.54, 1.807) is 6.07 Å². The van der Waals surface area contributed by atoms with Crippen molar-refractivity contribution in [2.75, 3.05) is 26.2 Å². The average molecular weight is 435 g/mol. The summed E-state index contributed by atoms with van der Waals surface area (Å²) in [7, 11) is 0. The van der Waals surface area contributed by atoms with E-state index in [1.807, 2.05) is 31.2 Å². The highest BCUT2D eigenvalue weighted by molar-refractivity contribution is 6.35. The van der Waals surface area contributed by atoms with Crippen molar-refractivity contribution < 1.29 is 9.53 Å². The minimum Gasteiger partial charge on any atom is -0.491 e. The number of amides is 1. The standard InChI is InChI=1S/C23H28Cl2N2O2/c1-16-4-3-5-22(17(16)2)29-13-10-26-23(28)18-8-11-27(12-9-18)15-19-6-7-20(24)14-21(19)25/h3-7,14,18H,8-13,15H2,1-2H3,(H,26,28). The summed E-state index contributed by atoms with van der Waals surface area (Å²) in [6.07, 6.45) is 1.71. The fraction of sp³-hybridized carbons (Fsp3) is 0.435. The lowest BCUT2D eigenvalue weighted by Gasteiger charge is -2.31. The quantitative estimate of drug-likeness (QED) is 0.622. The van der Waals surface area contributed by atoms with Gasteiger partial charge >= 0.3 is 0 Å². The lowest BCUT2D eigenvalue weighted by molar-refractivity contribution is -0.126. The summed E-state index contributed by atoms with van der Waals surface area (Å²) < 4.78 is 5.81.